The maximum Gasteiger partial charge on any atom is 0.305 e. The highest BCUT2D eigenvalue weighted by molar-refractivity contribution is 6.06. The van der Waals surface area contributed by atoms with Gasteiger partial charge in [-0.25, -0.2) is 0 Å². The van der Waals surface area contributed by atoms with Crippen molar-refractivity contribution < 1.29 is 19.2 Å². The van der Waals surface area contributed by atoms with Crippen molar-refractivity contribution in [1.29, 1.82) is 0 Å². The molecule has 0 spiro atoms. The number of hydrogen-bond acceptors (Lipinski definition) is 6. The molecule has 1 amide bonds. The molecule has 1 aromatic heterocycles. The minimum atomic E-state index is -0.513. The average molecular weight is 374 g/mol. The minimum Gasteiger partial charge on any atom is -0.466 e. The fourth-order valence-corrected chi connectivity index (χ4v) is 2.63. The number of benzene rings is 1. The van der Waals surface area contributed by atoms with E-state index in [1.807, 2.05) is 0 Å². The zero-order chi connectivity index (χ0) is 20.0. The van der Waals surface area contributed by atoms with Crippen molar-refractivity contribution in [3.63, 3.8) is 0 Å². The van der Waals surface area contributed by atoms with Gasteiger partial charge in [-0.1, -0.05) is 6.07 Å². The molecule has 1 heterocycles. The van der Waals surface area contributed by atoms with Crippen LogP contribution in [0.3, 0.4) is 0 Å². The molecule has 0 aliphatic heterocycles. The zero-order valence-electron chi connectivity index (χ0n) is 15.5. The standard InChI is InChI=1S/C18H22N4O5/c1-4-27-17(23)7-5-6-13-8-9-14(10-16(13)22(25)26)18(24)21(3)15-11-19-20(2)12-15/h8-12H,4-7H2,1-3H3. The Morgan fingerprint density at radius 2 is 2.11 bits per heavy atom. The first kappa shape index (κ1) is 20.1. The van der Waals surface area contributed by atoms with Crippen LogP contribution in [0.5, 0.6) is 0 Å². The summed E-state index contributed by atoms with van der Waals surface area (Å²) in [5.74, 6) is -0.700. The lowest BCUT2D eigenvalue weighted by molar-refractivity contribution is -0.385. The number of carbonyl (C=O) groups excluding carboxylic acids is 2. The Labute approximate surface area is 156 Å². The molecule has 0 saturated heterocycles. The van der Waals surface area contributed by atoms with Crippen LogP contribution in [-0.4, -0.2) is 40.2 Å². The summed E-state index contributed by atoms with van der Waals surface area (Å²) >= 11 is 0. The number of hydrogen-bond donors (Lipinski definition) is 0. The third-order valence-corrected chi connectivity index (χ3v) is 4.04. The summed E-state index contributed by atoms with van der Waals surface area (Å²) in [5, 5.41) is 15.4. The molecule has 0 radical (unpaired) electrons. The number of anilines is 1. The number of carbonyl (C=O) groups is 2. The van der Waals surface area contributed by atoms with E-state index < -0.39 is 4.92 Å². The molecule has 27 heavy (non-hydrogen) atoms. The van der Waals surface area contributed by atoms with Crippen LogP contribution in [-0.2, 0) is 23.0 Å². The summed E-state index contributed by atoms with van der Waals surface area (Å²) in [6, 6.07) is 4.39. The average Bonchev–Trinajstić information content (AvgIpc) is 3.07. The monoisotopic (exact) mass is 374 g/mol. The van der Waals surface area contributed by atoms with Crippen molar-refractivity contribution >= 4 is 23.3 Å². The van der Waals surface area contributed by atoms with Gasteiger partial charge >= 0.3 is 5.97 Å². The van der Waals surface area contributed by atoms with Gasteiger partial charge in [-0.2, -0.15) is 5.10 Å². The number of ether oxygens (including phenoxy) is 1. The van der Waals surface area contributed by atoms with Crippen molar-refractivity contribution in [1.82, 2.24) is 9.78 Å². The number of rotatable bonds is 8. The molecule has 0 unspecified atom stereocenters. The molecule has 9 nitrogen and oxygen atoms in total. The van der Waals surface area contributed by atoms with Gasteiger partial charge in [-0.3, -0.25) is 24.4 Å². The summed E-state index contributed by atoms with van der Waals surface area (Å²) in [6.07, 6.45) is 4.19. The highest BCUT2D eigenvalue weighted by atomic mass is 16.6. The van der Waals surface area contributed by atoms with Crippen LogP contribution < -0.4 is 4.90 Å². The fraction of sp³-hybridized carbons (Fsp3) is 0.389. The predicted molar refractivity (Wildman–Crippen MR) is 98.6 cm³/mol. The topological polar surface area (TPSA) is 108 Å². The van der Waals surface area contributed by atoms with E-state index in [-0.39, 0.29) is 29.5 Å². The quantitative estimate of drug-likeness (QED) is 0.399. The van der Waals surface area contributed by atoms with E-state index in [9.17, 15) is 19.7 Å². The van der Waals surface area contributed by atoms with Crippen molar-refractivity contribution in [3.05, 3.63) is 51.8 Å². The number of nitro groups is 1. The van der Waals surface area contributed by atoms with E-state index in [2.05, 4.69) is 5.10 Å². The van der Waals surface area contributed by atoms with Gasteiger partial charge in [0.05, 0.1) is 23.4 Å². The maximum atomic E-state index is 12.6. The van der Waals surface area contributed by atoms with E-state index in [4.69, 9.17) is 4.74 Å². The largest absolute Gasteiger partial charge is 0.466 e. The number of esters is 1. The van der Waals surface area contributed by atoms with Crippen molar-refractivity contribution in [2.75, 3.05) is 18.6 Å². The summed E-state index contributed by atoms with van der Waals surface area (Å²) in [4.78, 5) is 36.3. The molecule has 0 atom stereocenters. The molecule has 0 bridgehead atoms. The van der Waals surface area contributed by atoms with E-state index in [1.165, 1.54) is 17.2 Å². The van der Waals surface area contributed by atoms with Crippen molar-refractivity contribution in [3.8, 4) is 0 Å². The number of aryl methyl sites for hydroxylation is 2. The van der Waals surface area contributed by atoms with Gasteiger partial charge in [0.1, 0.15) is 0 Å². The minimum absolute atomic E-state index is 0.135. The van der Waals surface area contributed by atoms with E-state index in [0.29, 0.717) is 30.7 Å². The number of aromatic nitrogens is 2. The lowest BCUT2D eigenvalue weighted by atomic mass is 10.0. The second kappa shape index (κ2) is 8.93. The highest BCUT2D eigenvalue weighted by Crippen LogP contribution is 2.24. The molecule has 1 aromatic carbocycles. The van der Waals surface area contributed by atoms with Gasteiger partial charge in [0, 0.05) is 43.9 Å². The van der Waals surface area contributed by atoms with Gasteiger partial charge in [0.15, 0.2) is 0 Å². The maximum absolute atomic E-state index is 12.6. The lowest BCUT2D eigenvalue weighted by Gasteiger charge is -2.15. The van der Waals surface area contributed by atoms with Gasteiger partial charge in [-0.15, -0.1) is 0 Å². The normalized spacial score (nSPS) is 10.5. The molecule has 0 aliphatic carbocycles. The van der Waals surface area contributed by atoms with Gasteiger partial charge < -0.3 is 9.64 Å². The number of amides is 1. The molecule has 0 aliphatic rings. The van der Waals surface area contributed by atoms with Crippen molar-refractivity contribution in [2.45, 2.75) is 26.2 Å². The Hall–Kier alpha value is -3.23. The highest BCUT2D eigenvalue weighted by Gasteiger charge is 2.21. The fourth-order valence-electron chi connectivity index (χ4n) is 2.63. The molecule has 144 valence electrons. The van der Waals surface area contributed by atoms with Crippen LogP contribution in [0.4, 0.5) is 11.4 Å². The Bertz CT molecular complexity index is 846. The summed E-state index contributed by atoms with van der Waals surface area (Å²) in [5.41, 5.74) is 1.14. The molecule has 9 heteroatoms. The van der Waals surface area contributed by atoms with Gasteiger partial charge in [-0.05, 0) is 25.8 Å². The third kappa shape index (κ3) is 5.13. The van der Waals surface area contributed by atoms with E-state index in [1.54, 1.807) is 44.0 Å². The summed E-state index contributed by atoms with van der Waals surface area (Å²) in [7, 11) is 3.32. The molecule has 2 aromatic rings. The summed E-state index contributed by atoms with van der Waals surface area (Å²) < 4.78 is 6.41. The Kier molecular flexibility index (Phi) is 6.64. The lowest BCUT2D eigenvalue weighted by Crippen LogP contribution is -2.26. The van der Waals surface area contributed by atoms with Crippen molar-refractivity contribution in [2.24, 2.45) is 7.05 Å². The van der Waals surface area contributed by atoms with Crippen LogP contribution in [0.15, 0.2) is 30.6 Å². The number of nitrogens with zero attached hydrogens (tertiary/aromatic N) is 4. The van der Waals surface area contributed by atoms with Gasteiger partial charge in [0.2, 0.25) is 0 Å². The Balaban J connectivity index is 2.15. The van der Waals surface area contributed by atoms with E-state index in [0.717, 1.165) is 0 Å². The summed E-state index contributed by atoms with van der Waals surface area (Å²) in [6.45, 7) is 2.03. The Morgan fingerprint density at radius 3 is 2.70 bits per heavy atom. The first-order valence-electron chi connectivity index (χ1n) is 8.53. The van der Waals surface area contributed by atoms with Crippen LogP contribution in [0.2, 0.25) is 0 Å². The molecular formula is C18H22N4O5. The van der Waals surface area contributed by atoms with Crippen LogP contribution in [0.25, 0.3) is 0 Å². The number of nitro benzene ring substituents is 1. The first-order chi connectivity index (χ1) is 12.8. The molecule has 0 N–H and O–H groups in total. The second-order valence-electron chi connectivity index (χ2n) is 6.00. The van der Waals surface area contributed by atoms with Crippen LogP contribution in [0.1, 0.15) is 35.7 Å². The molecule has 0 saturated carbocycles. The third-order valence-electron chi connectivity index (χ3n) is 4.04. The van der Waals surface area contributed by atoms with Crippen LogP contribution >= 0.6 is 0 Å². The van der Waals surface area contributed by atoms with Crippen LogP contribution in [0, 0.1) is 10.1 Å². The SMILES string of the molecule is CCOC(=O)CCCc1ccc(C(=O)N(C)c2cnn(C)c2)cc1[N+](=O)[O-]. The molecular weight excluding hydrogens is 352 g/mol. The van der Waals surface area contributed by atoms with Gasteiger partial charge in [0.25, 0.3) is 11.6 Å². The molecule has 0 fully saturated rings. The smallest absolute Gasteiger partial charge is 0.305 e. The predicted octanol–water partition coefficient (Wildman–Crippen LogP) is 2.49. The zero-order valence-corrected chi connectivity index (χ0v) is 15.5. The Morgan fingerprint density at radius 1 is 1.37 bits per heavy atom. The first-order valence-corrected chi connectivity index (χ1v) is 8.53. The molecule has 2 rings (SSSR count). The van der Waals surface area contributed by atoms with E-state index >= 15 is 0 Å². The second-order valence-corrected chi connectivity index (χ2v) is 6.00.